The lowest BCUT2D eigenvalue weighted by Crippen LogP contribution is -2.35. The molecule has 1 N–H and O–H groups in total. The Bertz CT molecular complexity index is 491. The van der Waals surface area contributed by atoms with Crippen LogP contribution in [-0.4, -0.2) is 41.4 Å². The average Bonchev–Trinajstić information content (AvgIpc) is 2.44. The molecule has 1 aliphatic rings. The van der Waals surface area contributed by atoms with Crippen LogP contribution >= 0.6 is 35.0 Å². The molecule has 2 rings (SSSR count). The summed E-state index contributed by atoms with van der Waals surface area (Å²) in [4.78, 5) is 14.1. The highest BCUT2D eigenvalue weighted by molar-refractivity contribution is 7.99. The van der Waals surface area contributed by atoms with Crippen molar-refractivity contribution in [1.82, 2.24) is 4.90 Å². The number of likely N-dealkylation sites (tertiary alicyclic amines) is 1. The third-order valence-corrected chi connectivity index (χ3v) is 5.44. The number of thioether (sulfide) groups is 1. The minimum Gasteiger partial charge on any atom is -0.481 e. The van der Waals surface area contributed by atoms with Crippen molar-refractivity contribution in [2.45, 2.75) is 24.2 Å². The molecule has 1 aromatic carbocycles. The standard InChI is InChI=1S/C15H19Cl2NO2S/c16-12-1-2-13(17)14(10-12)21-8-7-18-5-3-11(4-6-18)9-15(19)20/h1-2,10-11H,3-9H2,(H,19,20). The fraction of sp³-hybridized carbons (Fsp3) is 0.533. The molecule has 0 saturated carbocycles. The molecule has 1 aromatic rings. The molecule has 0 atom stereocenters. The van der Waals surface area contributed by atoms with E-state index in [4.69, 9.17) is 28.3 Å². The number of hydrogen-bond acceptors (Lipinski definition) is 3. The van der Waals surface area contributed by atoms with Gasteiger partial charge in [0.15, 0.2) is 0 Å². The van der Waals surface area contributed by atoms with Crippen LogP contribution in [0.5, 0.6) is 0 Å². The summed E-state index contributed by atoms with van der Waals surface area (Å²) >= 11 is 13.8. The van der Waals surface area contributed by atoms with Gasteiger partial charge < -0.3 is 10.0 Å². The fourth-order valence-corrected chi connectivity index (χ4v) is 4.04. The number of piperidine rings is 1. The summed E-state index contributed by atoms with van der Waals surface area (Å²) in [6.07, 6.45) is 2.27. The Morgan fingerprint density at radius 3 is 2.71 bits per heavy atom. The molecular weight excluding hydrogens is 329 g/mol. The molecular formula is C15H19Cl2NO2S. The molecule has 0 unspecified atom stereocenters. The molecule has 1 aliphatic heterocycles. The smallest absolute Gasteiger partial charge is 0.303 e. The number of carboxylic acid groups (broad SMARTS) is 1. The Hall–Kier alpha value is -0.420. The minimum absolute atomic E-state index is 0.306. The predicted octanol–water partition coefficient (Wildman–Crippen LogP) is 4.27. The highest BCUT2D eigenvalue weighted by atomic mass is 35.5. The fourth-order valence-electron chi connectivity index (χ4n) is 2.53. The molecule has 116 valence electrons. The zero-order chi connectivity index (χ0) is 15.2. The topological polar surface area (TPSA) is 40.5 Å². The van der Waals surface area contributed by atoms with Crippen molar-refractivity contribution in [3.05, 3.63) is 28.2 Å². The third-order valence-electron chi connectivity index (χ3n) is 3.73. The van der Waals surface area contributed by atoms with Gasteiger partial charge in [0, 0.05) is 28.6 Å². The monoisotopic (exact) mass is 347 g/mol. The summed E-state index contributed by atoms with van der Waals surface area (Å²) < 4.78 is 0. The lowest BCUT2D eigenvalue weighted by Gasteiger charge is -2.31. The molecule has 0 amide bonds. The van der Waals surface area contributed by atoms with Crippen LogP contribution in [0, 0.1) is 5.92 Å². The van der Waals surface area contributed by atoms with Crippen LogP contribution in [0.4, 0.5) is 0 Å². The summed E-state index contributed by atoms with van der Waals surface area (Å²) in [7, 11) is 0. The molecule has 21 heavy (non-hydrogen) atoms. The molecule has 1 fully saturated rings. The molecule has 1 saturated heterocycles. The van der Waals surface area contributed by atoms with Crippen molar-refractivity contribution in [3.8, 4) is 0 Å². The van der Waals surface area contributed by atoms with Crippen LogP contribution in [-0.2, 0) is 4.79 Å². The Labute approximate surface area is 139 Å². The Morgan fingerprint density at radius 2 is 2.05 bits per heavy atom. The zero-order valence-corrected chi connectivity index (χ0v) is 14.1. The van der Waals surface area contributed by atoms with E-state index in [0.29, 0.717) is 17.4 Å². The second kappa shape index (κ2) is 8.28. The molecule has 0 aromatic heterocycles. The third kappa shape index (κ3) is 5.70. The first-order chi connectivity index (χ1) is 10.0. The van der Waals surface area contributed by atoms with Gasteiger partial charge in [-0.2, -0.15) is 0 Å². The van der Waals surface area contributed by atoms with Gasteiger partial charge in [0.25, 0.3) is 0 Å². The number of benzene rings is 1. The van der Waals surface area contributed by atoms with E-state index in [1.807, 2.05) is 12.1 Å². The van der Waals surface area contributed by atoms with Gasteiger partial charge in [-0.25, -0.2) is 0 Å². The molecule has 1 heterocycles. The van der Waals surface area contributed by atoms with E-state index in [2.05, 4.69) is 4.90 Å². The number of nitrogens with zero attached hydrogens (tertiary/aromatic N) is 1. The van der Waals surface area contributed by atoms with Gasteiger partial charge >= 0.3 is 5.97 Å². The maximum atomic E-state index is 10.7. The average molecular weight is 348 g/mol. The maximum absolute atomic E-state index is 10.7. The highest BCUT2D eigenvalue weighted by Gasteiger charge is 2.20. The van der Waals surface area contributed by atoms with Crippen molar-refractivity contribution in [3.63, 3.8) is 0 Å². The Morgan fingerprint density at radius 1 is 1.33 bits per heavy atom. The van der Waals surface area contributed by atoms with Crippen molar-refractivity contribution >= 4 is 40.9 Å². The summed E-state index contributed by atoms with van der Waals surface area (Å²) in [5.41, 5.74) is 0. The molecule has 0 aliphatic carbocycles. The number of rotatable bonds is 6. The van der Waals surface area contributed by atoms with E-state index in [-0.39, 0.29) is 0 Å². The van der Waals surface area contributed by atoms with Crippen molar-refractivity contribution < 1.29 is 9.90 Å². The molecule has 3 nitrogen and oxygen atoms in total. The van der Waals surface area contributed by atoms with Crippen molar-refractivity contribution in [2.75, 3.05) is 25.4 Å². The minimum atomic E-state index is -0.681. The van der Waals surface area contributed by atoms with Crippen LogP contribution in [0.15, 0.2) is 23.1 Å². The second-order valence-electron chi connectivity index (χ2n) is 5.31. The largest absolute Gasteiger partial charge is 0.481 e. The van der Waals surface area contributed by atoms with Crippen molar-refractivity contribution in [1.29, 1.82) is 0 Å². The quantitative estimate of drug-likeness (QED) is 0.780. The molecule has 6 heteroatoms. The van der Waals surface area contributed by atoms with Gasteiger partial charge in [0.2, 0.25) is 0 Å². The maximum Gasteiger partial charge on any atom is 0.303 e. The van der Waals surface area contributed by atoms with Gasteiger partial charge in [-0.05, 0) is 50.0 Å². The number of halogens is 2. The van der Waals surface area contributed by atoms with Crippen LogP contribution in [0.1, 0.15) is 19.3 Å². The lowest BCUT2D eigenvalue weighted by molar-refractivity contribution is -0.138. The Balaban J connectivity index is 1.70. The van der Waals surface area contributed by atoms with Crippen LogP contribution < -0.4 is 0 Å². The van der Waals surface area contributed by atoms with E-state index < -0.39 is 5.97 Å². The van der Waals surface area contributed by atoms with Crippen LogP contribution in [0.2, 0.25) is 10.0 Å². The summed E-state index contributed by atoms with van der Waals surface area (Å²) in [5.74, 6) is 0.623. The molecule has 0 radical (unpaired) electrons. The zero-order valence-electron chi connectivity index (χ0n) is 11.7. The van der Waals surface area contributed by atoms with Gasteiger partial charge in [0.1, 0.15) is 0 Å². The van der Waals surface area contributed by atoms with Gasteiger partial charge in [-0.15, -0.1) is 11.8 Å². The lowest BCUT2D eigenvalue weighted by atomic mass is 9.94. The Kier molecular flexibility index (Phi) is 6.68. The first-order valence-corrected chi connectivity index (χ1v) is 8.81. The highest BCUT2D eigenvalue weighted by Crippen LogP contribution is 2.30. The van der Waals surface area contributed by atoms with Crippen molar-refractivity contribution in [2.24, 2.45) is 5.92 Å². The number of carboxylic acids is 1. The van der Waals surface area contributed by atoms with Gasteiger partial charge in [-0.1, -0.05) is 23.2 Å². The van der Waals surface area contributed by atoms with Crippen LogP contribution in [0.3, 0.4) is 0 Å². The first-order valence-electron chi connectivity index (χ1n) is 7.06. The van der Waals surface area contributed by atoms with E-state index in [0.717, 1.165) is 48.1 Å². The second-order valence-corrected chi connectivity index (χ2v) is 7.29. The first kappa shape index (κ1) is 16.9. The number of carbonyl (C=O) groups is 1. The SMILES string of the molecule is O=C(O)CC1CCN(CCSc2cc(Cl)ccc2Cl)CC1. The molecule has 0 spiro atoms. The predicted molar refractivity (Wildman–Crippen MR) is 88.6 cm³/mol. The van der Waals surface area contributed by atoms with E-state index in [1.54, 1.807) is 17.8 Å². The molecule has 0 bridgehead atoms. The van der Waals surface area contributed by atoms with Gasteiger partial charge in [-0.3, -0.25) is 4.79 Å². The summed E-state index contributed by atoms with van der Waals surface area (Å²) in [6.45, 7) is 2.97. The number of aliphatic carboxylic acids is 1. The summed E-state index contributed by atoms with van der Waals surface area (Å²) in [6, 6.07) is 5.51. The van der Waals surface area contributed by atoms with Gasteiger partial charge in [0.05, 0.1) is 5.02 Å². The number of hydrogen-bond donors (Lipinski definition) is 1. The van der Waals surface area contributed by atoms with E-state index in [1.165, 1.54) is 0 Å². The van der Waals surface area contributed by atoms with Crippen LogP contribution in [0.25, 0.3) is 0 Å². The normalized spacial score (nSPS) is 17.0. The van der Waals surface area contributed by atoms with E-state index in [9.17, 15) is 4.79 Å². The summed E-state index contributed by atoms with van der Waals surface area (Å²) in [5, 5.41) is 10.3. The van der Waals surface area contributed by atoms with E-state index >= 15 is 0 Å².